The van der Waals surface area contributed by atoms with Crippen molar-refractivity contribution in [2.24, 2.45) is 0 Å². The van der Waals surface area contributed by atoms with Crippen molar-refractivity contribution in [2.45, 2.75) is 12.8 Å². The summed E-state index contributed by atoms with van der Waals surface area (Å²) in [5.74, 6) is -0.897. The number of carboxylic acids is 1. The van der Waals surface area contributed by atoms with Gasteiger partial charge in [-0.05, 0) is 30.5 Å². The van der Waals surface area contributed by atoms with Crippen LogP contribution in [0.5, 0.6) is 11.5 Å². The van der Waals surface area contributed by atoms with Gasteiger partial charge in [0.15, 0.2) is 5.75 Å². The second kappa shape index (κ2) is 8.17. The average molecular weight is 410 g/mol. The molecule has 2 aromatic carbocycles. The number of aromatic hydroxyl groups is 1. The van der Waals surface area contributed by atoms with Crippen LogP contribution in [0.4, 0.5) is 0 Å². The van der Waals surface area contributed by atoms with Gasteiger partial charge in [-0.3, -0.25) is 0 Å². The quantitative estimate of drug-likeness (QED) is 0.599. The molecule has 0 saturated heterocycles. The number of halogens is 4. The molecule has 0 bridgehead atoms. The highest BCUT2D eigenvalue weighted by atomic mass is 35.5. The Morgan fingerprint density at radius 1 is 1.04 bits per heavy atom. The molecule has 128 valence electrons. The lowest BCUT2D eigenvalue weighted by atomic mass is 10.1. The molecule has 8 heteroatoms. The van der Waals surface area contributed by atoms with E-state index in [2.05, 4.69) is 0 Å². The molecule has 0 aromatic heterocycles. The third-order valence-corrected chi connectivity index (χ3v) is 4.56. The van der Waals surface area contributed by atoms with Gasteiger partial charge in [0.05, 0.1) is 27.2 Å². The van der Waals surface area contributed by atoms with Crippen molar-refractivity contribution in [2.75, 3.05) is 6.61 Å². The van der Waals surface area contributed by atoms with Crippen molar-refractivity contribution in [3.63, 3.8) is 0 Å². The van der Waals surface area contributed by atoms with Crippen LogP contribution >= 0.6 is 46.4 Å². The SMILES string of the molecule is O=C(O)c1ccc(Cl)c(CCCOc2c(Cl)cc(O)cc2Cl)c1Cl. The van der Waals surface area contributed by atoms with Gasteiger partial charge in [0.2, 0.25) is 0 Å². The first-order valence-corrected chi connectivity index (χ1v) is 8.33. The smallest absolute Gasteiger partial charge is 0.337 e. The highest BCUT2D eigenvalue weighted by molar-refractivity contribution is 6.38. The topological polar surface area (TPSA) is 66.8 Å². The average Bonchev–Trinajstić information content (AvgIpc) is 2.47. The van der Waals surface area contributed by atoms with E-state index < -0.39 is 5.97 Å². The molecule has 0 radical (unpaired) electrons. The number of benzene rings is 2. The normalized spacial score (nSPS) is 10.7. The lowest BCUT2D eigenvalue weighted by molar-refractivity contribution is 0.0697. The molecule has 0 spiro atoms. The molecule has 0 amide bonds. The number of carboxylic acid groups (broad SMARTS) is 1. The van der Waals surface area contributed by atoms with Gasteiger partial charge in [0, 0.05) is 17.2 Å². The van der Waals surface area contributed by atoms with E-state index in [1.807, 2.05) is 0 Å². The molecule has 2 rings (SSSR count). The number of phenols is 1. The number of phenolic OH excluding ortho intramolecular Hbond substituents is 1. The first-order valence-electron chi connectivity index (χ1n) is 6.82. The maximum absolute atomic E-state index is 11.1. The molecule has 24 heavy (non-hydrogen) atoms. The van der Waals surface area contributed by atoms with E-state index in [0.29, 0.717) is 23.4 Å². The molecule has 0 aliphatic rings. The van der Waals surface area contributed by atoms with Crippen LogP contribution in [0.1, 0.15) is 22.3 Å². The number of aromatic carboxylic acids is 1. The van der Waals surface area contributed by atoms with E-state index >= 15 is 0 Å². The van der Waals surface area contributed by atoms with Crippen LogP contribution in [-0.4, -0.2) is 22.8 Å². The van der Waals surface area contributed by atoms with Crippen LogP contribution < -0.4 is 4.74 Å². The van der Waals surface area contributed by atoms with Crippen molar-refractivity contribution >= 4 is 52.4 Å². The van der Waals surface area contributed by atoms with Crippen LogP contribution in [0.2, 0.25) is 20.1 Å². The molecule has 0 unspecified atom stereocenters. The zero-order valence-corrected chi connectivity index (χ0v) is 15.2. The molecular formula is C16H12Cl4O4. The van der Waals surface area contributed by atoms with Gasteiger partial charge in [0.1, 0.15) is 5.75 Å². The summed E-state index contributed by atoms with van der Waals surface area (Å²) >= 11 is 24.1. The predicted molar refractivity (Wildman–Crippen MR) is 95.4 cm³/mol. The summed E-state index contributed by atoms with van der Waals surface area (Å²) in [6.07, 6.45) is 0.933. The highest BCUT2D eigenvalue weighted by Crippen LogP contribution is 2.36. The molecule has 2 aromatic rings. The Morgan fingerprint density at radius 3 is 2.25 bits per heavy atom. The second-order valence-electron chi connectivity index (χ2n) is 4.88. The lowest BCUT2D eigenvalue weighted by Gasteiger charge is -2.12. The Kier molecular flexibility index (Phi) is 6.47. The van der Waals surface area contributed by atoms with E-state index in [-0.39, 0.29) is 38.7 Å². The van der Waals surface area contributed by atoms with Crippen molar-refractivity contribution in [3.8, 4) is 11.5 Å². The van der Waals surface area contributed by atoms with Crippen molar-refractivity contribution in [1.29, 1.82) is 0 Å². The Balaban J connectivity index is 2.03. The summed E-state index contributed by atoms with van der Waals surface area (Å²) in [5.41, 5.74) is 0.548. The monoisotopic (exact) mass is 408 g/mol. The Morgan fingerprint density at radius 2 is 1.67 bits per heavy atom. The summed E-state index contributed by atoms with van der Waals surface area (Å²) in [5, 5.41) is 19.4. The van der Waals surface area contributed by atoms with Crippen molar-refractivity contribution in [1.82, 2.24) is 0 Å². The molecular weight excluding hydrogens is 398 g/mol. The number of ether oxygens (including phenoxy) is 1. The minimum atomic E-state index is -1.11. The van der Waals surface area contributed by atoms with Crippen LogP contribution in [0.3, 0.4) is 0 Å². The van der Waals surface area contributed by atoms with Gasteiger partial charge in [-0.1, -0.05) is 46.4 Å². The predicted octanol–water partition coefficient (Wildman–Crippen LogP) is 5.72. The van der Waals surface area contributed by atoms with Gasteiger partial charge < -0.3 is 14.9 Å². The molecule has 0 saturated carbocycles. The van der Waals surface area contributed by atoms with Crippen LogP contribution in [0.15, 0.2) is 24.3 Å². The number of hydrogen-bond donors (Lipinski definition) is 2. The fourth-order valence-electron chi connectivity index (χ4n) is 2.10. The number of rotatable bonds is 6. The largest absolute Gasteiger partial charge is 0.508 e. The number of carbonyl (C=O) groups is 1. The van der Waals surface area contributed by atoms with Gasteiger partial charge >= 0.3 is 5.97 Å². The molecule has 0 aliphatic carbocycles. The fourth-order valence-corrected chi connectivity index (χ4v) is 3.32. The van der Waals surface area contributed by atoms with Gasteiger partial charge in [-0.15, -0.1) is 0 Å². The van der Waals surface area contributed by atoms with Crippen LogP contribution in [0.25, 0.3) is 0 Å². The van der Waals surface area contributed by atoms with Gasteiger partial charge in [-0.2, -0.15) is 0 Å². The summed E-state index contributed by atoms with van der Waals surface area (Å²) < 4.78 is 5.52. The van der Waals surface area contributed by atoms with Gasteiger partial charge in [0.25, 0.3) is 0 Å². The van der Waals surface area contributed by atoms with Crippen molar-refractivity contribution < 1.29 is 19.7 Å². The minimum absolute atomic E-state index is 0.00149. The minimum Gasteiger partial charge on any atom is -0.508 e. The van der Waals surface area contributed by atoms with E-state index in [1.165, 1.54) is 24.3 Å². The highest BCUT2D eigenvalue weighted by Gasteiger charge is 2.15. The Bertz CT molecular complexity index is 754. The summed E-state index contributed by atoms with van der Waals surface area (Å²) in [4.78, 5) is 11.1. The third-order valence-electron chi connectivity index (χ3n) is 3.22. The second-order valence-corrected chi connectivity index (χ2v) is 6.48. The zero-order chi connectivity index (χ0) is 17.9. The summed E-state index contributed by atoms with van der Waals surface area (Å²) in [7, 11) is 0. The molecule has 0 atom stereocenters. The van der Waals surface area contributed by atoms with E-state index in [1.54, 1.807) is 0 Å². The molecule has 0 aliphatic heterocycles. The van der Waals surface area contributed by atoms with Crippen LogP contribution in [0, 0.1) is 0 Å². The molecule has 0 fully saturated rings. The first-order chi connectivity index (χ1) is 11.3. The van der Waals surface area contributed by atoms with E-state index in [9.17, 15) is 9.90 Å². The first kappa shape index (κ1) is 19.0. The van der Waals surface area contributed by atoms with Gasteiger partial charge in [-0.25, -0.2) is 4.79 Å². The van der Waals surface area contributed by atoms with Crippen LogP contribution in [-0.2, 0) is 6.42 Å². The standard InChI is InChI=1S/C16H12Cl4O4/c17-11-4-3-10(16(22)23)14(20)9(11)2-1-5-24-15-12(18)6-8(21)7-13(15)19/h3-4,6-7,21H,1-2,5H2,(H,22,23). The van der Waals surface area contributed by atoms with E-state index in [0.717, 1.165) is 0 Å². The fraction of sp³-hybridized carbons (Fsp3) is 0.188. The number of hydrogen-bond acceptors (Lipinski definition) is 3. The Hall–Kier alpha value is -1.33. The summed E-state index contributed by atoms with van der Waals surface area (Å²) in [6, 6.07) is 5.52. The van der Waals surface area contributed by atoms with Crippen molar-refractivity contribution in [3.05, 3.63) is 55.5 Å². The third kappa shape index (κ3) is 4.39. The molecule has 2 N–H and O–H groups in total. The lowest BCUT2D eigenvalue weighted by Crippen LogP contribution is -2.04. The maximum atomic E-state index is 11.1. The van der Waals surface area contributed by atoms with E-state index in [4.69, 9.17) is 56.2 Å². The molecule has 0 heterocycles. The zero-order valence-electron chi connectivity index (χ0n) is 12.2. The molecule has 4 nitrogen and oxygen atoms in total. The maximum Gasteiger partial charge on any atom is 0.337 e. The summed E-state index contributed by atoms with van der Waals surface area (Å²) in [6.45, 7) is 0.258. The Labute approximate surface area is 158 Å².